The number of hydrogen-bond donors (Lipinski definition) is 0. The summed E-state index contributed by atoms with van der Waals surface area (Å²) in [5, 5.41) is 0.545. The van der Waals surface area contributed by atoms with Crippen LogP contribution in [0, 0.1) is 0 Å². The van der Waals surface area contributed by atoms with Crippen LogP contribution in [0.25, 0.3) is 0 Å². The lowest BCUT2D eigenvalue weighted by atomic mass is 10.1. The minimum atomic E-state index is -0.613. The Labute approximate surface area is 143 Å². The van der Waals surface area contributed by atoms with E-state index in [4.69, 9.17) is 4.84 Å². The summed E-state index contributed by atoms with van der Waals surface area (Å²) in [4.78, 5) is 42.3. The number of thioether (sulfide) groups is 1. The van der Waals surface area contributed by atoms with Crippen LogP contribution in [-0.4, -0.2) is 29.1 Å². The van der Waals surface area contributed by atoms with Crippen LogP contribution >= 0.6 is 11.8 Å². The van der Waals surface area contributed by atoms with Gasteiger partial charge in [-0.2, -0.15) is 0 Å². The molecule has 0 bridgehead atoms. The zero-order chi connectivity index (χ0) is 17.1. The van der Waals surface area contributed by atoms with Gasteiger partial charge >= 0.3 is 5.97 Å². The van der Waals surface area contributed by atoms with Gasteiger partial charge in [0.2, 0.25) is 0 Å². The molecular formula is C18H15NO4S. The van der Waals surface area contributed by atoms with Gasteiger partial charge < -0.3 is 4.84 Å². The van der Waals surface area contributed by atoms with Gasteiger partial charge in [0.15, 0.2) is 0 Å². The van der Waals surface area contributed by atoms with Gasteiger partial charge in [0.25, 0.3) is 11.8 Å². The number of carbonyl (C=O) groups excluding carboxylic acids is 3. The molecule has 2 aromatic rings. The van der Waals surface area contributed by atoms with Gasteiger partial charge in [-0.25, -0.2) is 4.79 Å². The lowest BCUT2D eigenvalue weighted by molar-refractivity contribution is -0.168. The lowest BCUT2D eigenvalue weighted by Gasteiger charge is -2.12. The Morgan fingerprint density at radius 2 is 1.58 bits per heavy atom. The second-order valence-electron chi connectivity index (χ2n) is 5.26. The molecule has 0 N–H and O–H groups in total. The van der Waals surface area contributed by atoms with Crippen molar-refractivity contribution in [2.24, 2.45) is 0 Å². The molecule has 2 aromatic carbocycles. The molecule has 0 fully saturated rings. The Bertz CT molecular complexity index is 766. The minimum absolute atomic E-state index is 0.0893. The summed E-state index contributed by atoms with van der Waals surface area (Å²) in [5.74, 6) is -1.82. The normalized spacial score (nSPS) is 13.1. The van der Waals surface area contributed by atoms with Crippen LogP contribution in [0.4, 0.5) is 0 Å². The van der Waals surface area contributed by atoms with E-state index in [0.717, 1.165) is 10.5 Å². The molecule has 3 rings (SSSR count). The van der Waals surface area contributed by atoms with Gasteiger partial charge in [0.1, 0.15) is 0 Å². The number of carbonyl (C=O) groups is 3. The second-order valence-corrected chi connectivity index (χ2v) is 6.14. The van der Waals surface area contributed by atoms with Gasteiger partial charge in [-0.05, 0) is 42.5 Å². The Morgan fingerprint density at radius 1 is 1.00 bits per heavy atom. The standard InChI is InChI=1S/C18H15NO4S/c1-24-13-9-6-12(7-10-13)8-11-16(20)23-19-17(21)14-4-2-3-5-15(14)18(19)22/h2-7,9-10H,8,11H2,1H3. The maximum Gasteiger partial charge on any atom is 0.333 e. The number of amides is 2. The van der Waals surface area contributed by atoms with E-state index in [-0.39, 0.29) is 17.5 Å². The molecule has 0 aromatic heterocycles. The highest BCUT2D eigenvalue weighted by Crippen LogP contribution is 2.23. The molecule has 1 aliphatic heterocycles. The van der Waals surface area contributed by atoms with Gasteiger partial charge in [-0.3, -0.25) is 9.59 Å². The minimum Gasteiger partial charge on any atom is -0.330 e. The third-order valence-electron chi connectivity index (χ3n) is 3.73. The summed E-state index contributed by atoms with van der Waals surface area (Å²) in [7, 11) is 0. The summed E-state index contributed by atoms with van der Waals surface area (Å²) < 4.78 is 0. The molecule has 0 spiro atoms. The molecule has 1 aliphatic rings. The summed E-state index contributed by atoms with van der Waals surface area (Å²) >= 11 is 1.64. The first kappa shape index (κ1) is 16.3. The summed E-state index contributed by atoms with van der Waals surface area (Å²) in [6.45, 7) is 0. The third kappa shape index (κ3) is 3.19. The number of hydroxylamine groups is 2. The number of hydrogen-bond acceptors (Lipinski definition) is 5. The van der Waals surface area contributed by atoms with Crippen molar-refractivity contribution in [2.45, 2.75) is 17.7 Å². The molecule has 0 atom stereocenters. The molecule has 0 unspecified atom stereocenters. The zero-order valence-electron chi connectivity index (χ0n) is 13.0. The first-order valence-corrected chi connectivity index (χ1v) is 8.64. The summed E-state index contributed by atoms with van der Waals surface area (Å²) in [6.07, 6.45) is 2.57. The Morgan fingerprint density at radius 3 is 2.12 bits per heavy atom. The van der Waals surface area contributed by atoms with E-state index in [2.05, 4.69) is 0 Å². The van der Waals surface area contributed by atoms with E-state index < -0.39 is 17.8 Å². The van der Waals surface area contributed by atoms with E-state index in [1.165, 1.54) is 12.1 Å². The molecule has 5 nitrogen and oxygen atoms in total. The van der Waals surface area contributed by atoms with Crippen molar-refractivity contribution in [1.29, 1.82) is 0 Å². The van der Waals surface area contributed by atoms with Crippen molar-refractivity contribution in [2.75, 3.05) is 6.26 Å². The van der Waals surface area contributed by atoms with Crippen LogP contribution in [0.2, 0.25) is 0 Å². The average molecular weight is 341 g/mol. The fourth-order valence-electron chi connectivity index (χ4n) is 2.44. The number of nitrogens with zero attached hydrogens (tertiary/aromatic N) is 1. The summed E-state index contributed by atoms with van der Waals surface area (Å²) in [6, 6.07) is 14.3. The van der Waals surface area contributed by atoms with Crippen LogP contribution in [0.15, 0.2) is 53.4 Å². The SMILES string of the molecule is CSc1ccc(CCC(=O)ON2C(=O)c3ccccc3C2=O)cc1. The predicted molar refractivity (Wildman–Crippen MR) is 89.6 cm³/mol. The van der Waals surface area contributed by atoms with Crippen molar-refractivity contribution < 1.29 is 19.2 Å². The van der Waals surface area contributed by atoms with E-state index in [0.29, 0.717) is 11.5 Å². The maximum absolute atomic E-state index is 12.1. The van der Waals surface area contributed by atoms with Crippen LogP contribution < -0.4 is 0 Å². The molecule has 0 saturated heterocycles. The Hall–Kier alpha value is -2.60. The van der Waals surface area contributed by atoms with E-state index >= 15 is 0 Å². The van der Waals surface area contributed by atoms with Crippen molar-refractivity contribution in [3.8, 4) is 0 Å². The van der Waals surface area contributed by atoms with Crippen LogP contribution in [0.5, 0.6) is 0 Å². The quantitative estimate of drug-likeness (QED) is 0.618. The molecule has 2 amide bonds. The first-order chi connectivity index (χ1) is 11.6. The Balaban J connectivity index is 1.59. The molecular weight excluding hydrogens is 326 g/mol. The monoisotopic (exact) mass is 341 g/mol. The highest BCUT2D eigenvalue weighted by atomic mass is 32.2. The topological polar surface area (TPSA) is 63.7 Å². The predicted octanol–water partition coefficient (Wildman–Crippen LogP) is 3.10. The fraction of sp³-hybridized carbons (Fsp3) is 0.167. The van der Waals surface area contributed by atoms with Gasteiger partial charge in [-0.1, -0.05) is 29.3 Å². The Kier molecular flexibility index (Phi) is 4.66. The highest BCUT2D eigenvalue weighted by molar-refractivity contribution is 7.98. The van der Waals surface area contributed by atoms with Crippen molar-refractivity contribution >= 4 is 29.5 Å². The number of rotatable bonds is 5. The smallest absolute Gasteiger partial charge is 0.330 e. The van der Waals surface area contributed by atoms with Gasteiger partial charge in [0.05, 0.1) is 17.5 Å². The number of imide groups is 1. The molecule has 122 valence electrons. The summed E-state index contributed by atoms with van der Waals surface area (Å²) in [5.41, 5.74) is 1.50. The van der Waals surface area contributed by atoms with Gasteiger partial charge in [0, 0.05) is 4.90 Å². The number of aryl methyl sites for hydroxylation is 1. The number of fused-ring (bicyclic) bond motifs is 1. The molecule has 1 heterocycles. The zero-order valence-corrected chi connectivity index (χ0v) is 13.8. The lowest BCUT2D eigenvalue weighted by Crippen LogP contribution is -2.32. The second kappa shape index (κ2) is 6.88. The molecule has 6 heteroatoms. The van der Waals surface area contributed by atoms with E-state index in [1.54, 1.807) is 23.9 Å². The van der Waals surface area contributed by atoms with Crippen LogP contribution in [0.1, 0.15) is 32.7 Å². The van der Waals surface area contributed by atoms with Crippen molar-refractivity contribution in [1.82, 2.24) is 5.06 Å². The highest BCUT2D eigenvalue weighted by Gasteiger charge is 2.38. The third-order valence-corrected chi connectivity index (χ3v) is 4.47. The van der Waals surface area contributed by atoms with E-state index in [9.17, 15) is 14.4 Å². The molecule has 0 radical (unpaired) electrons. The van der Waals surface area contributed by atoms with Crippen molar-refractivity contribution in [3.63, 3.8) is 0 Å². The van der Waals surface area contributed by atoms with Gasteiger partial charge in [-0.15, -0.1) is 11.8 Å². The van der Waals surface area contributed by atoms with Crippen LogP contribution in [0.3, 0.4) is 0 Å². The maximum atomic E-state index is 12.1. The number of benzene rings is 2. The average Bonchev–Trinajstić information content (AvgIpc) is 2.86. The molecule has 0 aliphatic carbocycles. The van der Waals surface area contributed by atoms with E-state index in [1.807, 2.05) is 30.5 Å². The van der Waals surface area contributed by atoms with Crippen molar-refractivity contribution in [3.05, 3.63) is 65.2 Å². The molecule has 24 heavy (non-hydrogen) atoms. The fourth-order valence-corrected chi connectivity index (χ4v) is 2.84. The van der Waals surface area contributed by atoms with Crippen LogP contribution in [-0.2, 0) is 16.1 Å². The largest absolute Gasteiger partial charge is 0.333 e. The first-order valence-electron chi connectivity index (χ1n) is 7.41. The molecule has 0 saturated carbocycles.